The monoisotopic (exact) mass is 384 g/mol. The molecule has 1 aromatic heterocycles. The van der Waals surface area contributed by atoms with Gasteiger partial charge in [-0.2, -0.15) is 0 Å². The molecule has 0 aliphatic heterocycles. The fourth-order valence-electron chi connectivity index (χ4n) is 1.54. The van der Waals surface area contributed by atoms with Crippen LogP contribution in [0.15, 0.2) is 37.4 Å². The molecule has 0 fully saturated rings. The number of halogens is 2. The molecule has 1 aromatic carbocycles. The van der Waals surface area contributed by atoms with Gasteiger partial charge in [0.1, 0.15) is 5.82 Å². The lowest BCUT2D eigenvalue weighted by atomic mass is 10.3. The van der Waals surface area contributed by atoms with Crippen molar-refractivity contribution >= 4 is 33.3 Å². The van der Waals surface area contributed by atoms with Crippen LogP contribution < -0.4 is 10.8 Å². The Morgan fingerprint density at radius 3 is 3.00 bits per heavy atom. The normalized spacial score (nSPS) is 11.0. The number of hydrogen-bond donors (Lipinski definition) is 3. The SMILES string of the molecule is [N-]=[N+]=NCCNc1nonc1C(=Nc1ccc(F)c(Br)c1)NO. The topological polar surface area (TPSA) is 144 Å². The molecular formula is C11H10BrFN8O2. The first-order valence-corrected chi connectivity index (χ1v) is 6.96. The third-order valence-electron chi connectivity index (χ3n) is 2.53. The first kappa shape index (κ1) is 16.7. The van der Waals surface area contributed by atoms with Gasteiger partial charge in [-0.25, -0.2) is 14.0 Å². The molecule has 2 aromatic rings. The van der Waals surface area contributed by atoms with Gasteiger partial charge in [-0.3, -0.25) is 10.7 Å². The number of anilines is 1. The summed E-state index contributed by atoms with van der Waals surface area (Å²) >= 11 is 3.04. The molecule has 0 bridgehead atoms. The van der Waals surface area contributed by atoms with Gasteiger partial charge in [0.2, 0.25) is 5.82 Å². The minimum absolute atomic E-state index is 0.0592. The summed E-state index contributed by atoms with van der Waals surface area (Å²) in [6.45, 7) is 0.471. The fourth-order valence-corrected chi connectivity index (χ4v) is 1.91. The summed E-state index contributed by atoms with van der Waals surface area (Å²) in [5.74, 6) is -0.304. The van der Waals surface area contributed by atoms with Crippen molar-refractivity contribution in [2.45, 2.75) is 0 Å². The summed E-state index contributed by atoms with van der Waals surface area (Å²) < 4.78 is 18.0. The molecule has 0 spiro atoms. The number of azide groups is 1. The van der Waals surface area contributed by atoms with E-state index in [1.54, 1.807) is 0 Å². The Balaban J connectivity index is 2.23. The van der Waals surface area contributed by atoms with Crippen molar-refractivity contribution in [3.05, 3.63) is 44.6 Å². The fraction of sp³-hybridized carbons (Fsp3) is 0.182. The van der Waals surface area contributed by atoms with E-state index < -0.39 is 5.82 Å². The molecule has 120 valence electrons. The highest BCUT2D eigenvalue weighted by molar-refractivity contribution is 9.10. The van der Waals surface area contributed by atoms with E-state index in [9.17, 15) is 9.60 Å². The molecule has 0 saturated heterocycles. The van der Waals surface area contributed by atoms with Crippen LogP contribution in [-0.4, -0.2) is 34.4 Å². The Hall–Kier alpha value is -2.69. The number of amidine groups is 1. The average molecular weight is 385 g/mol. The second-order valence-corrected chi connectivity index (χ2v) is 4.87. The van der Waals surface area contributed by atoms with Crippen LogP contribution >= 0.6 is 15.9 Å². The smallest absolute Gasteiger partial charge is 0.202 e. The molecule has 1 heterocycles. The molecule has 12 heteroatoms. The number of nitrogens with one attached hydrogen (secondary N) is 2. The Bertz CT molecular complexity index is 758. The number of nitrogens with zero attached hydrogens (tertiary/aromatic N) is 6. The third-order valence-corrected chi connectivity index (χ3v) is 3.14. The van der Waals surface area contributed by atoms with Crippen molar-refractivity contribution in [2.24, 2.45) is 10.1 Å². The van der Waals surface area contributed by atoms with Gasteiger partial charge < -0.3 is 5.32 Å². The highest BCUT2D eigenvalue weighted by atomic mass is 79.9. The van der Waals surface area contributed by atoms with Gasteiger partial charge in [-0.1, -0.05) is 5.11 Å². The first-order chi connectivity index (χ1) is 11.2. The quantitative estimate of drug-likeness (QED) is 0.133. The zero-order valence-corrected chi connectivity index (χ0v) is 13.0. The number of hydrogen-bond acceptors (Lipinski definition) is 7. The molecule has 0 amide bonds. The standard InChI is InChI=1S/C11H10BrFN8O2/c12-7-5-6(1-2-8(7)13)17-11(18-22)9-10(20-23-19-9)15-3-4-16-21-14/h1-2,5,22H,3-4H2,(H,15,20)(H,17,18). The second-order valence-electron chi connectivity index (χ2n) is 4.01. The maximum Gasteiger partial charge on any atom is 0.202 e. The van der Waals surface area contributed by atoms with Crippen LogP contribution in [0.5, 0.6) is 0 Å². The zero-order valence-electron chi connectivity index (χ0n) is 11.4. The van der Waals surface area contributed by atoms with Crippen LogP contribution in [0.25, 0.3) is 10.4 Å². The lowest BCUT2D eigenvalue weighted by Crippen LogP contribution is -2.22. The number of rotatable bonds is 6. The van der Waals surface area contributed by atoms with Crippen LogP contribution in [-0.2, 0) is 0 Å². The van der Waals surface area contributed by atoms with E-state index >= 15 is 0 Å². The maximum absolute atomic E-state index is 13.2. The molecule has 0 unspecified atom stereocenters. The summed E-state index contributed by atoms with van der Waals surface area (Å²) in [7, 11) is 0. The largest absolute Gasteiger partial charge is 0.365 e. The third kappa shape index (κ3) is 4.39. The van der Waals surface area contributed by atoms with E-state index in [0.29, 0.717) is 5.69 Å². The maximum atomic E-state index is 13.2. The average Bonchev–Trinajstić information content (AvgIpc) is 3.01. The van der Waals surface area contributed by atoms with Crippen LogP contribution in [0.3, 0.4) is 0 Å². The predicted octanol–water partition coefficient (Wildman–Crippen LogP) is 2.75. The van der Waals surface area contributed by atoms with Crippen molar-refractivity contribution in [1.82, 2.24) is 15.8 Å². The van der Waals surface area contributed by atoms with Crippen molar-refractivity contribution < 1.29 is 14.2 Å². The van der Waals surface area contributed by atoms with Gasteiger partial charge >= 0.3 is 0 Å². The van der Waals surface area contributed by atoms with E-state index in [2.05, 4.69) is 51.2 Å². The van der Waals surface area contributed by atoms with Gasteiger partial charge in [0, 0.05) is 18.0 Å². The van der Waals surface area contributed by atoms with Gasteiger partial charge in [-0.15, -0.1) is 0 Å². The molecule has 0 aliphatic rings. The molecule has 2 rings (SSSR count). The van der Waals surface area contributed by atoms with E-state index in [4.69, 9.17) is 5.53 Å². The van der Waals surface area contributed by atoms with Crippen LogP contribution in [0.1, 0.15) is 5.69 Å². The van der Waals surface area contributed by atoms with Gasteiger partial charge in [-0.05, 0) is 50.0 Å². The molecule has 10 nitrogen and oxygen atoms in total. The van der Waals surface area contributed by atoms with Crippen LogP contribution in [0, 0.1) is 5.82 Å². The molecule has 0 atom stereocenters. The van der Waals surface area contributed by atoms with Gasteiger partial charge in [0.25, 0.3) is 0 Å². The Labute approximate surface area is 137 Å². The highest BCUT2D eigenvalue weighted by Gasteiger charge is 2.16. The molecule has 23 heavy (non-hydrogen) atoms. The summed E-state index contributed by atoms with van der Waals surface area (Å²) in [6.07, 6.45) is 0. The molecular weight excluding hydrogens is 375 g/mol. The Morgan fingerprint density at radius 2 is 2.30 bits per heavy atom. The zero-order chi connectivity index (χ0) is 16.7. The minimum Gasteiger partial charge on any atom is -0.365 e. The first-order valence-electron chi connectivity index (χ1n) is 6.17. The summed E-state index contributed by atoms with van der Waals surface area (Å²) in [5, 5.41) is 22.7. The van der Waals surface area contributed by atoms with E-state index in [0.717, 1.165) is 0 Å². The summed E-state index contributed by atoms with van der Waals surface area (Å²) in [5.41, 5.74) is 10.6. The number of hydroxylamine groups is 1. The number of benzene rings is 1. The lowest BCUT2D eigenvalue weighted by molar-refractivity contribution is 0.234. The van der Waals surface area contributed by atoms with E-state index in [1.807, 2.05) is 5.48 Å². The van der Waals surface area contributed by atoms with Crippen molar-refractivity contribution in [3.63, 3.8) is 0 Å². The molecule has 0 saturated carbocycles. The van der Waals surface area contributed by atoms with Gasteiger partial charge in [0.05, 0.1) is 10.2 Å². The minimum atomic E-state index is -0.439. The van der Waals surface area contributed by atoms with Crippen molar-refractivity contribution in [2.75, 3.05) is 18.4 Å². The highest BCUT2D eigenvalue weighted by Crippen LogP contribution is 2.23. The molecule has 3 N–H and O–H groups in total. The van der Waals surface area contributed by atoms with Crippen LogP contribution in [0.2, 0.25) is 0 Å². The second kappa shape index (κ2) is 8.08. The van der Waals surface area contributed by atoms with Crippen molar-refractivity contribution in [3.8, 4) is 0 Å². The van der Waals surface area contributed by atoms with E-state index in [-0.39, 0.29) is 34.9 Å². The van der Waals surface area contributed by atoms with Crippen LogP contribution in [0.4, 0.5) is 15.9 Å². The number of aromatic nitrogens is 2. The van der Waals surface area contributed by atoms with E-state index in [1.165, 1.54) is 18.2 Å². The van der Waals surface area contributed by atoms with Crippen molar-refractivity contribution in [1.29, 1.82) is 0 Å². The predicted molar refractivity (Wildman–Crippen MR) is 82.0 cm³/mol. The Kier molecular flexibility index (Phi) is 5.86. The summed E-state index contributed by atoms with van der Waals surface area (Å²) in [4.78, 5) is 6.71. The Morgan fingerprint density at radius 1 is 1.48 bits per heavy atom. The van der Waals surface area contributed by atoms with Gasteiger partial charge in [0.15, 0.2) is 11.5 Å². The number of aliphatic imine (C=N–C) groups is 1. The lowest BCUT2D eigenvalue weighted by Gasteiger charge is -2.04. The molecule has 0 radical (unpaired) electrons. The summed E-state index contributed by atoms with van der Waals surface area (Å²) in [6, 6.07) is 4.06. The molecule has 0 aliphatic carbocycles.